The smallest absolute Gasteiger partial charge is 0.0476 e. The molecular formula is C43H26N2S2. The van der Waals surface area contributed by atoms with E-state index in [0.29, 0.717) is 0 Å². The summed E-state index contributed by atoms with van der Waals surface area (Å²) >= 11 is 3.75. The number of rotatable bonds is 4. The first-order valence-electron chi connectivity index (χ1n) is 15.8. The van der Waals surface area contributed by atoms with Crippen molar-refractivity contribution in [2.75, 3.05) is 4.90 Å². The molecule has 3 aromatic heterocycles. The number of pyridine rings is 1. The van der Waals surface area contributed by atoms with Crippen molar-refractivity contribution >= 4 is 102 Å². The Morgan fingerprint density at radius 2 is 0.787 bits per heavy atom. The molecule has 10 rings (SSSR count). The highest BCUT2D eigenvalue weighted by Crippen LogP contribution is 2.44. The minimum Gasteiger partial charge on any atom is -0.310 e. The lowest BCUT2D eigenvalue weighted by Crippen LogP contribution is -2.09. The van der Waals surface area contributed by atoms with Crippen molar-refractivity contribution in [2.45, 2.75) is 0 Å². The van der Waals surface area contributed by atoms with Crippen LogP contribution in [0.25, 0.3) is 73.0 Å². The fourth-order valence-electron chi connectivity index (χ4n) is 6.97. The van der Waals surface area contributed by atoms with Crippen molar-refractivity contribution in [3.8, 4) is 11.1 Å². The molecule has 47 heavy (non-hydrogen) atoms. The minimum absolute atomic E-state index is 1.13. The third kappa shape index (κ3) is 4.41. The Hall–Kier alpha value is -5.55. The van der Waals surface area contributed by atoms with Gasteiger partial charge in [0.2, 0.25) is 0 Å². The maximum absolute atomic E-state index is 4.20. The van der Waals surface area contributed by atoms with Gasteiger partial charge in [0.25, 0.3) is 0 Å². The van der Waals surface area contributed by atoms with Gasteiger partial charge >= 0.3 is 0 Å². The van der Waals surface area contributed by atoms with E-state index in [1.54, 1.807) is 0 Å². The van der Waals surface area contributed by atoms with Gasteiger partial charge in [-0.3, -0.25) is 4.98 Å². The lowest BCUT2D eigenvalue weighted by molar-refractivity contribution is 1.29. The van der Waals surface area contributed by atoms with Crippen molar-refractivity contribution in [3.05, 3.63) is 158 Å². The van der Waals surface area contributed by atoms with Gasteiger partial charge in [-0.05, 0) is 105 Å². The number of hydrogen-bond donors (Lipinski definition) is 0. The summed E-state index contributed by atoms with van der Waals surface area (Å²) in [5.74, 6) is 0. The highest BCUT2D eigenvalue weighted by Gasteiger charge is 2.17. The molecule has 0 saturated carbocycles. The van der Waals surface area contributed by atoms with Crippen LogP contribution in [-0.2, 0) is 0 Å². The number of hydrogen-bond acceptors (Lipinski definition) is 4. The molecule has 0 amide bonds. The highest BCUT2D eigenvalue weighted by molar-refractivity contribution is 7.26. The first-order chi connectivity index (χ1) is 23.2. The van der Waals surface area contributed by atoms with Crippen molar-refractivity contribution in [3.63, 3.8) is 0 Å². The van der Waals surface area contributed by atoms with Gasteiger partial charge in [0.1, 0.15) is 0 Å². The van der Waals surface area contributed by atoms with Gasteiger partial charge in [0.05, 0.1) is 0 Å². The van der Waals surface area contributed by atoms with Crippen LogP contribution in [0.4, 0.5) is 17.1 Å². The standard InChI is InChI=1S/C43H26N2S2/c1-3-7-31-23-40-38(21-29(31)5-1)36-15-13-34(25-42(36)46-40)45(33-11-9-27(10-12-33)28-17-19-44-20-18-28)35-14-16-37-39-22-30-6-2-4-8-32(30)24-41(39)47-43(37)26-35/h1-26H. The maximum Gasteiger partial charge on any atom is 0.0476 e. The maximum atomic E-state index is 4.20. The van der Waals surface area contributed by atoms with Gasteiger partial charge < -0.3 is 4.90 Å². The van der Waals surface area contributed by atoms with Crippen LogP contribution >= 0.6 is 22.7 Å². The molecule has 7 aromatic carbocycles. The molecule has 0 aliphatic carbocycles. The van der Waals surface area contributed by atoms with Gasteiger partial charge in [0, 0.05) is 69.8 Å². The SMILES string of the molecule is c1ccc2cc3c(cc2c1)sc1cc(N(c2ccc(-c4ccncc4)cc2)c2ccc4c(c2)sc2cc5ccccc5cc24)ccc13. The Kier molecular flexibility index (Phi) is 5.95. The van der Waals surface area contributed by atoms with Crippen molar-refractivity contribution in [1.29, 1.82) is 0 Å². The quantitative estimate of drug-likeness (QED) is 0.191. The zero-order valence-electron chi connectivity index (χ0n) is 25.2. The molecule has 4 heteroatoms. The van der Waals surface area contributed by atoms with E-state index < -0.39 is 0 Å². The van der Waals surface area contributed by atoms with E-state index in [2.05, 4.69) is 155 Å². The fraction of sp³-hybridized carbons (Fsp3) is 0. The molecule has 0 radical (unpaired) electrons. The minimum atomic E-state index is 1.13. The van der Waals surface area contributed by atoms with Crippen molar-refractivity contribution in [2.24, 2.45) is 0 Å². The number of benzene rings is 7. The second-order valence-corrected chi connectivity index (χ2v) is 14.2. The highest BCUT2D eigenvalue weighted by atomic mass is 32.1. The normalized spacial score (nSPS) is 11.8. The second-order valence-electron chi connectivity index (χ2n) is 12.1. The summed E-state index contributed by atoms with van der Waals surface area (Å²) < 4.78 is 5.23. The second kappa shape index (κ2) is 10.5. The third-order valence-corrected chi connectivity index (χ3v) is 11.5. The Morgan fingerprint density at radius 3 is 1.30 bits per heavy atom. The molecule has 0 fully saturated rings. The molecule has 0 N–H and O–H groups in total. The average Bonchev–Trinajstić information content (AvgIpc) is 3.66. The monoisotopic (exact) mass is 634 g/mol. The number of fused-ring (bicyclic) bond motifs is 8. The van der Waals surface area contributed by atoms with Gasteiger partial charge in [-0.1, -0.05) is 72.8 Å². The lowest BCUT2D eigenvalue weighted by atomic mass is 10.0. The van der Waals surface area contributed by atoms with E-state index in [4.69, 9.17) is 0 Å². The molecule has 220 valence electrons. The predicted octanol–water partition coefficient (Wildman–Crippen LogP) is 13.3. The average molecular weight is 635 g/mol. The Bertz CT molecular complexity index is 2640. The van der Waals surface area contributed by atoms with Crippen LogP contribution in [0.3, 0.4) is 0 Å². The van der Waals surface area contributed by atoms with Crippen LogP contribution < -0.4 is 4.90 Å². The van der Waals surface area contributed by atoms with E-state index in [1.165, 1.54) is 67.5 Å². The summed E-state index contributed by atoms with van der Waals surface area (Å²) in [4.78, 5) is 6.60. The zero-order valence-corrected chi connectivity index (χ0v) is 26.9. The Balaban J connectivity index is 1.15. The first kappa shape index (κ1) is 26.6. The van der Waals surface area contributed by atoms with Gasteiger partial charge in [-0.2, -0.15) is 0 Å². The van der Waals surface area contributed by atoms with Crippen LogP contribution in [-0.4, -0.2) is 4.98 Å². The summed E-state index contributed by atoms with van der Waals surface area (Å²) in [6.45, 7) is 0. The summed E-state index contributed by atoms with van der Waals surface area (Å²) in [6, 6.07) is 53.6. The molecule has 0 unspecified atom stereocenters. The molecular weight excluding hydrogens is 609 g/mol. The third-order valence-electron chi connectivity index (χ3n) is 9.30. The summed E-state index contributed by atoms with van der Waals surface area (Å²) in [5.41, 5.74) is 5.76. The van der Waals surface area contributed by atoms with E-state index in [1.807, 2.05) is 35.1 Å². The molecule has 3 heterocycles. The molecule has 0 bridgehead atoms. The van der Waals surface area contributed by atoms with Crippen molar-refractivity contribution in [1.82, 2.24) is 4.98 Å². The number of aromatic nitrogens is 1. The number of anilines is 3. The van der Waals surface area contributed by atoms with Crippen LogP contribution in [0.15, 0.2) is 158 Å². The van der Waals surface area contributed by atoms with E-state index in [0.717, 1.165) is 22.6 Å². The summed E-state index contributed by atoms with van der Waals surface area (Å²) in [7, 11) is 0. The lowest BCUT2D eigenvalue weighted by Gasteiger charge is -2.26. The van der Waals surface area contributed by atoms with Gasteiger partial charge in [-0.15, -0.1) is 22.7 Å². The Morgan fingerprint density at radius 1 is 0.362 bits per heavy atom. The first-order valence-corrected chi connectivity index (χ1v) is 17.4. The van der Waals surface area contributed by atoms with E-state index in [-0.39, 0.29) is 0 Å². The van der Waals surface area contributed by atoms with Gasteiger partial charge in [0.15, 0.2) is 0 Å². The molecule has 0 spiro atoms. The van der Waals surface area contributed by atoms with Crippen LogP contribution in [0.2, 0.25) is 0 Å². The van der Waals surface area contributed by atoms with Crippen LogP contribution in [0.1, 0.15) is 0 Å². The summed E-state index contributed by atoms with van der Waals surface area (Å²) in [6.07, 6.45) is 3.70. The molecule has 0 saturated heterocycles. The molecule has 0 aliphatic rings. The van der Waals surface area contributed by atoms with Gasteiger partial charge in [-0.25, -0.2) is 0 Å². The van der Waals surface area contributed by atoms with E-state index >= 15 is 0 Å². The molecule has 0 aliphatic heterocycles. The summed E-state index contributed by atoms with van der Waals surface area (Å²) in [5, 5.41) is 10.4. The van der Waals surface area contributed by atoms with Crippen molar-refractivity contribution < 1.29 is 0 Å². The van der Waals surface area contributed by atoms with Crippen LogP contribution in [0, 0.1) is 0 Å². The predicted molar refractivity (Wildman–Crippen MR) is 205 cm³/mol. The Labute approximate surface area is 279 Å². The molecule has 10 aromatic rings. The van der Waals surface area contributed by atoms with Crippen LogP contribution in [0.5, 0.6) is 0 Å². The number of thiophene rings is 2. The fourth-order valence-corrected chi connectivity index (χ4v) is 9.31. The topological polar surface area (TPSA) is 16.1 Å². The molecule has 2 nitrogen and oxygen atoms in total. The number of nitrogens with zero attached hydrogens (tertiary/aromatic N) is 2. The van der Waals surface area contributed by atoms with E-state index in [9.17, 15) is 0 Å². The zero-order chi connectivity index (χ0) is 30.9. The largest absolute Gasteiger partial charge is 0.310 e. The molecule has 0 atom stereocenters.